The summed E-state index contributed by atoms with van der Waals surface area (Å²) in [5.74, 6) is -0.451. The Labute approximate surface area is 157 Å². The Morgan fingerprint density at radius 3 is 2.35 bits per heavy atom. The normalized spacial score (nSPS) is 15.6. The molecule has 0 radical (unpaired) electrons. The molecule has 26 heavy (non-hydrogen) atoms. The molecule has 0 spiro atoms. The average molecular weight is 372 g/mol. The number of nitrogens with one attached hydrogen (secondary N) is 2. The molecule has 2 N–H and O–H groups in total. The van der Waals surface area contributed by atoms with Gasteiger partial charge in [-0.3, -0.25) is 30.2 Å². The standard InChI is InChI=1S/C19H24N4O2S/c1-15(24)20-21-19(25)14-23-11-9-22(10-12-23)13-17-7-8-18(26-17)16-5-3-2-4-6-16/h2-8H,9-14H2,1H3,(H,20,24)(H,21,25). The minimum absolute atomic E-state index is 0.181. The second kappa shape index (κ2) is 8.93. The molecule has 1 saturated heterocycles. The highest BCUT2D eigenvalue weighted by Gasteiger charge is 2.19. The van der Waals surface area contributed by atoms with Crippen LogP contribution >= 0.6 is 11.3 Å². The van der Waals surface area contributed by atoms with Gasteiger partial charge in [-0.2, -0.15) is 0 Å². The first-order chi connectivity index (χ1) is 12.6. The molecule has 2 aromatic rings. The third kappa shape index (κ3) is 5.39. The summed E-state index contributed by atoms with van der Waals surface area (Å²) in [6, 6.07) is 14.8. The van der Waals surface area contributed by atoms with Gasteiger partial charge < -0.3 is 0 Å². The van der Waals surface area contributed by atoms with E-state index in [4.69, 9.17) is 0 Å². The zero-order chi connectivity index (χ0) is 18.4. The molecule has 0 bridgehead atoms. The predicted octanol–water partition coefficient (Wildman–Crippen LogP) is 1.70. The highest BCUT2D eigenvalue weighted by molar-refractivity contribution is 7.15. The van der Waals surface area contributed by atoms with E-state index in [1.165, 1.54) is 22.2 Å². The molecule has 1 aromatic carbocycles. The van der Waals surface area contributed by atoms with Gasteiger partial charge in [0.05, 0.1) is 6.54 Å². The summed E-state index contributed by atoms with van der Waals surface area (Å²) in [4.78, 5) is 29.7. The van der Waals surface area contributed by atoms with Crippen LogP contribution in [0.25, 0.3) is 10.4 Å². The zero-order valence-corrected chi connectivity index (χ0v) is 15.7. The third-order valence-electron chi connectivity index (χ3n) is 4.31. The van der Waals surface area contributed by atoms with Crippen molar-refractivity contribution < 1.29 is 9.59 Å². The molecule has 0 unspecified atom stereocenters. The van der Waals surface area contributed by atoms with Crippen LogP contribution in [0.1, 0.15) is 11.8 Å². The van der Waals surface area contributed by atoms with Crippen molar-refractivity contribution in [1.82, 2.24) is 20.7 Å². The van der Waals surface area contributed by atoms with Crippen molar-refractivity contribution in [3.05, 3.63) is 47.3 Å². The number of carbonyl (C=O) groups excluding carboxylic acids is 2. The lowest BCUT2D eigenvalue weighted by molar-refractivity contribution is -0.128. The smallest absolute Gasteiger partial charge is 0.252 e. The summed E-state index contributed by atoms with van der Waals surface area (Å²) < 4.78 is 0. The van der Waals surface area contributed by atoms with Crippen molar-refractivity contribution in [1.29, 1.82) is 0 Å². The maximum Gasteiger partial charge on any atom is 0.252 e. The predicted molar refractivity (Wildman–Crippen MR) is 103 cm³/mol. The fraction of sp³-hybridized carbons (Fsp3) is 0.368. The molecule has 138 valence electrons. The fourth-order valence-corrected chi connectivity index (χ4v) is 4.00. The number of hydrazine groups is 1. The van der Waals surface area contributed by atoms with Crippen LogP contribution in [0.15, 0.2) is 42.5 Å². The fourth-order valence-electron chi connectivity index (χ4n) is 2.95. The SMILES string of the molecule is CC(=O)NNC(=O)CN1CCN(Cc2ccc(-c3ccccc3)s2)CC1. The van der Waals surface area contributed by atoms with E-state index in [-0.39, 0.29) is 11.8 Å². The van der Waals surface area contributed by atoms with E-state index in [0.29, 0.717) is 6.54 Å². The number of carbonyl (C=O) groups is 2. The van der Waals surface area contributed by atoms with E-state index < -0.39 is 0 Å². The van der Waals surface area contributed by atoms with Crippen LogP contribution in [0, 0.1) is 0 Å². The van der Waals surface area contributed by atoms with Crippen molar-refractivity contribution >= 4 is 23.2 Å². The minimum Gasteiger partial charge on any atom is -0.296 e. The van der Waals surface area contributed by atoms with E-state index in [9.17, 15) is 9.59 Å². The number of amides is 2. The average Bonchev–Trinajstić information content (AvgIpc) is 3.11. The van der Waals surface area contributed by atoms with Crippen molar-refractivity contribution in [3.8, 4) is 10.4 Å². The van der Waals surface area contributed by atoms with Crippen LogP contribution in [-0.2, 0) is 16.1 Å². The first kappa shape index (κ1) is 18.6. The van der Waals surface area contributed by atoms with Crippen LogP contribution in [0.5, 0.6) is 0 Å². The minimum atomic E-state index is -0.269. The molecule has 1 aromatic heterocycles. The number of hydrogen-bond donors (Lipinski definition) is 2. The second-order valence-corrected chi connectivity index (χ2v) is 7.58. The van der Waals surface area contributed by atoms with Gasteiger partial charge in [0.25, 0.3) is 5.91 Å². The molecule has 3 rings (SSSR count). The van der Waals surface area contributed by atoms with Crippen molar-refractivity contribution in [3.63, 3.8) is 0 Å². The molecular weight excluding hydrogens is 348 g/mol. The van der Waals surface area contributed by atoms with Crippen molar-refractivity contribution in [2.75, 3.05) is 32.7 Å². The van der Waals surface area contributed by atoms with Crippen molar-refractivity contribution in [2.24, 2.45) is 0 Å². The number of benzene rings is 1. The summed E-state index contributed by atoms with van der Waals surface area (Å²) in [5, 5.41) is 0. The Bertz CT molecular complexity index is 739. The van der Waals surface area contributed by atoms with Gasteiger partial charge in [-0.15, -0.1) is 11.3 Å². The lowest BCUT2D eigenvalue weighted by atomic mass is 10.2. The van der Waals surface area contributed by atoms with Crippen LogP contribution < -0.4 is 10.9 Å². The molecule has 1 aliphatic rings. The summed E-state index contributed by atoms with van der Waals surface area (Å²) in [5.41, 5.74) is 5.99. The summed E-state index contributed by atoms with van der Waals surface area (Å²) >= 11 is 1.84. The number of hydrogen-bond acceptors (Lipinski definition) is 5. The Morgan fingerprint density at radius 2 is 1.65 bits per heavy atom. The molecule has 0 saturated carbocycles. The molecule has 1 aliphatic heterocycles. The van der Waals surface area contributed by atoms with Gasteiger partial charge in [0.1, 0.15) is 0 Å². The lowest BCUT2D eigenvalue weighted by Gasteiger charge is -2.33. The Balaban J connectivity index is 1.44. The van der Waals surface area contributed by atoms with Crippen LogP contribution in [-0.4, -0.2) is 54.3 Å². The van der Waals surface area contributed by atoms with Gasteiger partial charge in [-0.1, -0.05) is 30.3 Å². The van der Waals surface area contributed by atoms with E-state index in [1.54, 1.807) is 0 Å². The van der Waals surface area contributed by atoms with Crippen LogP contribution in [0.4, 0.5) is 0 Å². The molecular formula is C19H24N4O2S. The number of thiophene rings is 1. The number of rotatable bonds is 5. The molecule has 0 aliphatic carbocycles. The van der Waals surface area contributed by atoms with Crippen LogP contribution in [0.3, 0.4) is 0 Å². The Morgan fingerprint density at radius 1 is 0.962 bits per heavy atom. The first-order valence-electron chi connectivity index (χ1n) is 8.74. The van der Waals surface area contributed by atoms with E-state index in [1.807, 2.05) is 17.4 Å². The van der Waals surface area contributed by atoms with E-state index in [0.717, 1.165) is 32.7 Å². The van der Waals surface area contributed by atoms with Gasteiger partial charge in [-0.25, -0.2) is 0 Å². The Kier molecular flexibility index (Phi) is 6.38. The summed E-state index contributed by atoms with van der Waals surface area (Å²) in [6.07, 6.45) is 0. The van der Waals surface area contributed by atoms with E-state index in [2.05, 4.69) is 57.0 Å². The molecule has 2 heterocycles. The maximum atomic E-state index is 11.7. The third-order valence-corrected chi connectivity index (χ3v) is 5.43. The Hall–Kier alpha value is -2.22. The van der Waals surface area contributed by atoms with Gasteiger partial charge in [-0.05, 0) is 17.7 Å². The first-order valence-corrected chi connectivity index (χ1v) is 9.56. The van der Waals surface area contributed by atoms with Crippen molar-refractivity contribution in [2.45, 2.75) is 13.5 Å². The van der Waals surface area contributed by atoms with Gasteiger partial charge in [0, 0.05) is 49.4 Å². The number of piperazine rings is 1. The second-order valence-electron chi connectivity index (χ2n) is 6.41. The molecule has 0 atom stereocenters. The monoisotopic (exact) mass is 372 g/mol. The van der Waals surface area contributed by atoms with Gasteiger partial charge >= 0.3 is 0 Å². The van der Waals surface area contributed by atoms with Gasteiger partial charge in [0.2, 0.25) is 5.91 Å². The summed E-state index contributed by atoms with van der Waals surface area (Å²) in [6.45, 7) is 6.20. The highest BCUT2D eigenvalue weighted by atomic mass is 32.1. The highest BCUT2D eigenvalue weighted by Crippen LogP contribution is 2.28. The maximum absolute atomic E-state index is 11.7. The zero-order valence-electron chi connectivity index (χ0n) is 14.9. The largest absolute Gasteiger partial charge is 0.296 e. The van der Waals surface area contributed by atoms with E-state index >= 15 is 0 Å². The molecule has 1 fully saturated rings. The molecule has 6 nitrogen and oxygen atoms in total. The quantitative estimate of drug-likeness (QED) is 0.784. The number of nitrogens with zero attached hydrogens (tertiary/aromatic N) is 2. The summed E-state index contributed by atoms with van der Waals surface area (Å²) in [7, 11) is 0. The lowest BCUT2D eigenvalue weighted by Crippen LogP contribution is -2.51. The van der Waals surface area contributed by atoms with Crippen LogP contribution in [0.2, 0.25) is 0 Å². The molecule has 2 amide bonds. The van der Waals surface area contributed by atoms with Gasteiger partial charge in [0.15, 0.2) is 0 Å². The molecule has 7 heteroatoms. The topological polar surface area (TPSA) is 64.7 Å².